The molecule has 3 N–H and O–H groups in total. The molecule has 2 aromatic rings. The molecule has 1 fully saturated rings. The summed E-state index contributed by atoms with van der Waals surface area (Å²) in [6.07, 6.45) is 3.33. The van der Waals surface area contributed by atoms with Crippen LogP contribution in [0.4, 0.5) is 11.4 Å². The highest BCUT2D eigenvalue weighted by Gasteiger charge is 2.27. The highest BCUT2D eigenvalue weighted by atomic mass is 16.2. The van der Waals surface area contributed by atoms with Gasteiger partial charge in [0.2, 0.25) is 18.2 Å². The normalized spacial score (nSPS) is 15.2. The lowest BCUT2D eigenvalue weighted by Crippen LogP contribution is -2.49. The molecule has 2 aliphatic rings. The Morgan fingerprint density at radius 3 is 2.69 bits per heavy atom. The van der Waals surface area contributed by atoms with Crippen molar-refractivity contribution in [3.8, 4) is 0 Å². The van der Waals surface area contributed by atoms with Crippen LogP contribution in [0.25, 0.3) is 0 Å². The van der Waals surface area contributed by atoms with Gasteiger partial charge in [-0.05, 0) is 54.7 Å². The third kappa shape index (κ3) is 5.79. The van der Waals surface area contributed by atoms with Crippen LogP contribution < -0.4 is 16.0 Å². The molecule has 2 aromatic carbocycles. The summed E-state index contributed by atoms with van der Waals surface area (Å²) in [5.41, 5.74) is 4.15. The lowest BCUT2D eigenvalue weighted by atomic mass is 10.0. The van der Waals surface area contributed by atoms with Gasteiger partial charge in [0.1, 0.15) is 0 Å². The van der Waals surface area contributed by atoms with Crippen molar-refractivity contribution in [1.29, 1.82) is 0 Å². The number of likely N-dealkylation sites (tertiary alicyclic amines) is 1. The summed E-state index contributed by atoms with van der Waals surface area (Å²) in [6.45, 7) is 1.63. The molecule has 0 saturated carbocycles. The average Bonchev–Trinajstić information content (AvgIpc) is 3.27. The molecular formula is C26H31N5O4. The Hall–Kier alpha value is -3.88. The summed E-state index contributed by atoms with van der Waals surface area (Å²) in [5, 5.41) is 8.60. The molecule has 9 heteroatoms. The van der Waals surface area contributed by atoms with Crippen LogP contribution in [0.1, 0.15) is 34.3 Å². The van der Waals surface area contributed by atoms with Crippen molar-refractivity contribution >= 4 is 35.5 Å². The molecule has 0 aromatic heterocycles. The molecule has 35 heavy (non-hydrogen) atoms. The van der Waals surface area contributed by atoms with E-state index in [-0.39, 0.29) is 36.7 Å². The Morgan fingerprint density at radius 1 is 1.17 bits per heavy atom. The van der Waals surface area contributed by atoms with Crippen molar-refractivity contribution in [2.45, 2.75) is 31.7 Å². The summed E-state index contributed by atoms with van der Waals surface area (Å²) in [5.74, 6) is -0.577. The third-order valence-corrected chi connectivity index (χ3v) is 6.74. The van der Waals surface area contributed by atoms with Gasteiger partial charge in [0.05, 0.1) is 13.0 Å². The quantitative estimate of drug-likeness (QED) is 0.476. The highest BCUT2D eigenvalue weighted by molar-refractivity contribution is 6.02. The Labute approximate surface area is 204 Å². The van der Waals surface area contributed by atoms with Crippen molar-refractivity contribution in [3.63, 3.8) is 0 Å². The highest BCUT2D eigenvalue weighted by Crippen LogP contribution is 2.24. The molecule has 0 aliphatic carbocycles. The van der Waals surface area contributed by atoms with E-state index in [1.165, 1.54) is 0 Å². The first-order chi connectivity index (χ1) is 17.0. The van der Waals surface area contributed by atoms with Gasteiger partial charge in [-0.2, -0.15) is 0 Å². The molecule has 0 spiro atoms. The molecule has 184 valence electrons. The van der Waals surface area contributed by atoms with E-state index in [0.29, 0.717) is 38.0 Å². The number of para-hydroxylation sites is 1. The molecule has 2 aliphatic heterocycles. The number of hydrogen-bond acceptors (Lipinski definition) is 5. The minimum Gasteiger partial charge on any atom is -0.388 e. The largest absolute Gasteiger partial charge is 0.388 e. The number of nitrogens with one attached hydrogen (secondary N) is 3. The van der Waals surface area contributed by atoms with Crippen molar-refractivity contribution in [2.75, 3.05) is 43.9 Å². The molecular weight excluding hydrogens is 446 g/mol. The number of carbonyl (C=O) groups is 4. The zero-order valence-electron chi connectivity index (χ0n) is 19.9. The molecule has 9 nitrogen and oxygen atoms in total. The van der Waals surface area contributed by atoms with E-state index in [1.807, 2.05) is 30.1 Å². The van der Waals surface area contributed by atoms with Crippen LogP contribution in [-0.2, 0) is 27.2 Å². The van der Waals surface area contributed by atoms with E-state index in [9.17, 15) is 19.2 Å². The fraction of sp³-hybridized carbons (Fsp3) is 0.385. The van der Waals surface area contributed by atoms with Gasteiger partial charge in [-0.3, -0.25) is 19.2 Å². The van der Waals surface area contributed by atoms with Crippen molar-refractivity contribution in [3.05, 3.63) is 59.2 Å². The van der Waals surface area contributed by atoms with Gasteiger partial charge < -0.3 is 25.8 Å². The summed E-state index contributed by atoms with van der Waals surface area (Å²) >= 11 is 0. The fourth-order valence-corrected chi connectivity index (χ4v) is 4.74. The zero-order valence-corrected chi connectivity index (χ0v) is 19.9. The summed E-state index contributed by atoms with van der Waals surface area (Å²) in [6, 6.07) is 13.2. The number of piperidine rings is 1. The lowest BCUT2D eigenvalue weighted by Gasteiger charge is -2.37. The minimum atomic E-state index is -0.343. The van der Waals surface area contributed by atoms with E-state index >= 15 is 0 Å². The first-order valence-corrected chi connectivity index (χ1v) is 11.9. The smallest absolute Gasteiger partial charge is 0.251 e. The monoisotopic (exact) mass is 477 g/mol. The van der Waals surface area contributed by atoms with Gasteiger partial charge in [0.15, 0.2) is 0 Å². The number of anilines is 2. The summed E-state index contributed by atoms with van der Waals surface area (Å²) < 4.78 is 0. The van der Waals surface area contributed by atoms with Crippen LogP contribution in [0.3, 0.4) is 0 Å². The van der Waals surface area contributed by atoms with Gasteiger partial charge in [-0.25, -0.2) is 0 Å². The maximum atomic E-state index is 12.7. The van der Waals surface area contributed by atoms with Crippen LogP contribution in [0, 0.1) is 0 Å². The number of benzene rings is 2. The van der Waals surface area contributed by atoms with E-state index in [0.717, 1.165) is 35.3 Å². The second-order valence-electron chi connectivity index (χ2n) is 8.89. The molecule has 0 radical (unpaired) electrons. The van der Waals surface area contributed by atoms with Crippen LogP contribution in [0.15, 0.2) is 42.5 Å². The molecule has 1 saturated heterocycles. The first kappa shape index (κ1) is 24.3. The number of carbonyl (C=O) groups excluding carboxylic acids is 4. The topological polar surface area (TPSA) is 111 Å². The average molecular weight is 478 g/mol. The lowest BCUT2D eigenvalue weighted by molar-refractivity contribution is -0.132. The maximum absolute atomic E-state index is 12.7. The second kappa shape index (κ2) is 11.0. The third-order valence-electron chi connectivity index (χ3n) is 6.74. The minimum absolute atomic E-state index is 0.0873. The number of nitrogens with zero attached hydrogens (tertiary/aromatic N) is 2. The maximum Gasteiger partial charge on any atom is 0.251 e. The van der Waals surface area contributed by atoms with Crippen LogP contribution in [0.2, 0.25) is 0 Å². The number of rotatable bonds is 9. The molecule has 4 rings (SSSR count). The van der Waals surface area contributed by atoms with E-state index in [1.54, 1.807) is 23.1 Å². The Morgan fingerprint density at radius 2 is 1.94 bits per heavy atom. The molecule has 0 atom stereocenters. The van der Waals surface area contributed by atoms with Gasteiger partial charge >= 0.3 is 0 Å². The molecule has 0 unspecified atom stereocenters. The fourth-order valence-electron chi connectivity index (χ4n) is 4.74. The van der Waals surface area contributed by atoms with Crippen molar-refractivity contribution in [2.24, 2.45) is 0 Å². The van der Waals surface area contributed by atoms with Crippen LogP contribution >= 0.6 is 0 Å². The Kier molecular flexibility index (Phi) is 7.64. The Bertz CT molecular complexity index is 1110. The molecule has 4 amide bonds. The second-order valence-corrected chi connectivity index (χ2v) is 8.89. The van der Waals surface area contributed by atoms with Gasteiger partial charge in [0, 0.05) is 49.7 Å². The van der Waals surface area contributed by atoms with Crippen molar-refractivity contribution < 1.29 is 19.2 Å². The van der Waals surface area contributed by atoms with E-state index in [2.05, 4.69) is 22.0 Å². The number of hydrogen-bond donors (Lipinski definition) is 3. The van der Waals surface area contributed by atoms with Gasteiger partial charge in [-0.15, -0.1) is 0 Å². The predicted octanol–water partition coefficient (Wildman–Crippen LogP) is 1.64. The van der Waals surface area contributed by atoms with Crippen LogP contribution in [-0.4, -0.2) is 73.2 Å². The van der Waals surface area contributed by atoms with E-state index in [4.69, 9.17) is 0 Å². The number of fused-ring (bicyclic) bond motifs is 1. The molecule has 0 bridgehead atoms. The first-order valence-electron chi connectivity index (χ1n) is 11.9. The standard InChI is InChI=1S/C26H31N5O4/c1-27-22-5-3-2-4-18(22)8-11-31(17-32)21-9-12-30(13-10-21)25(34)16-28-26(35)19-6-7-23-20(14-19)15-24(33)29-23/h2-7,14,17,21,27H,8-13,15-16H2,1H3,(H,28,35)(H,29,33). The van der Waals surface area contributed by atoms with E-state index < -0.39 is 0 Å². The summed E-state index contributed by atoms with van der Waals surface area (Å²) in [7, 11) is 1.89. The predicted molar refractivity (Wildman–Crippen MR) is 133 cm³/mol. The molecule has 2 heterocycles. The summed E-state index contributed by atoms with van der Waals surface area (Å²) in [4.78, 5) is 52.0. The van der Waals surface area contributed by atoms with Crippen LogP contribution in [0.5, 0.6) is 0 Å². The Balaban J connectivity index is 1.23. The van der Waals surface area contributed by atoms with Gasteiger partial charge in [0.25, 0.3) is 5.91 Å². The zero-order chi connectivity index (χ0) is 24.8. The number of amides is 4. The van der Waals surface area contributed by atoms with Crippen molar-refractivity contribution in [1.82, 2.24) is 15.1 Å². The SMILES string of the molecule is CNc1ccccc1CCN(C=O)C1CCN(C(=O)CNC(=O)c2ccc3c(c2)CC(=O)N3)CC1. The van der Waals surface area contributed by atoms with Gasteiger partial charge in [-0.1, -0.05) is 18.2 Å².